The van der Waals surface area contributed by atoms with Crippen LogP contribution < -0.4 is 0 Å². The normalized spacial score (nSPS) is 20.7. The van der Waals surface area contributed by atoms with E-state index in [0.29, 0.717) is 5.57 Å². The van der Waals surface area contributed by atoms with E-state index in [-0.39, 0.29) is 17.9 Å². The van der Waals surface area contributed by atoms with Gasteiger partial charge in [-0.1, -0.05) is 0 Å². The summed E-state index contributed by atoms with van der Waals surface area (Å²) >= 11 is -0.932. The van der Waals surface area contributed by atoms with Crippen LogP contribution in [0.25, 0.3) is 0 Å². The van der Waals surface area contributed by atoms with Gasteiger partial charge in [-0.25, -0.2) is 0 Å². The van der Waals surface area contributed by atoms with Gasteiger partial charge in [0, 0.05) is 0 Å². The number of esters is 2. The molecule has 35 heavy (non-hydrogen) atoms. The third-order valence-electron chi connectivity index (χ3n) is 5.67. The average molecular weight is 598 g/mol. The van der Waals surface area contributed by atoms with E-state index in [4.69, 9.17) is 9.47 Å². The van der Waals surface area contributed by atoms with Crippen LogP contribution in [0.5, 0.6) is 0 Å². The van der Waals surface area contributed by atoms with Gasteiger partial charge >= 0.3 is 215 Å². The molecule has 1 amide bonds. The molecule has 0 saturated carbocycles. The summed E-state index contributed by atoms with van der Waals surface area (Å²) in [6.07, 6.45) is -0.634. The Morgan fingerprint density at radius 3 is 2.11 bits per heavy atom. The Balaban J connectivity index is 1.67. The van der Waals surface area contributed by atoms with Crippen LogP contribution in [0.15, 0.2) is 81.3 Å². The third-order valence-corrected chi connectivity index (χ3v) is 10.2. The van der Waals surface area contributed by atoms with Gasteiger partial charge in [-0.2, -0.15) is 0 Å². The van der Waals surface area contributed by atoms with E-state index in [1.54, 1.807) is 4.90 Å². The first kappa shape index (κ1) is 25.6. The molecule has 0 N–H and O–H groups in total. The van der Waals surface area contributed by atoms with E-state index in [9.17, 15) is 14.4 Å². The molecule has 0 radical (unpaired) electrons. The molecule has 2 aliphatic rings. The summed E-state index contributed by atoms with van der Waals surface area (Å²) in [7, 11) is 0. The number of benzene rings is 2. The van der Waals surface area contributed by atoms with E-state index in [1.807, 2.05) is 66.1 Å². The van der Waals surface area contributed by atoms with Crippen LogP contribution in [0.2, 0.25) is 14.8 Å². The number of carbonyl (C=O) groups is 3. The molecule has 1 fully saturated rings. The second kappa shape index (κ2) is 10.6. The molecule has 2 heterocycles. The zero-order valence-corrected chi connectivity index (χ0v) is 23.9. The number of hydrogen-bond donors (Lipinski definition) is 0. The van der Waals surface area contributed by atoms with E-state index in [1.165, 1.54) is 18.7 Å². The number of amides is 1. The second-order valence-electron chi connectivity index (χ2n) is 9.68. The van der Waals surface area contributed by atoms with Crippen molar-refractivity contribution < 1.29 is 23.9 Å². The summed E-state index contributed by atoms with van der Waals surface area (Å²) in [5, 5.41) is 1.61. The van der Waals surface area contributed by atoms with Gasteiger partial charge in [0.1, 0.15) is 0 Å². The van der Waals surface area contributed by atoms with Gasteiger partial charge < -0.3 is 0 Å². The molecule has 4 rings (SSSR count). The monoisotopic (exact) mass is 599 g/mol. The third kappa shape index (κ3) is 5.83. The predicted molar refractivity (Wildman–Crippen MR) is 139 cm³/mol. The molecule has 2 aromatic carbocycles. The Bertz CT molecular complexity index is 1130. The van der Waals surface area contributed by atoms with Crippen LogP contribution in [0.1, 0.15) is 24.2 Å². The van der Waals surface area contributed by atoms with Gasteiger partial charge in [0.15, 0.2) is 0 Å². The van der Waals surface area contributed by atoms with E-state index in [2.05, 4.69) is 18.9 Å². The van der Waals surface area contributed by atoms with Crippen molar-refractivity contribution in [3.63, 3.8) is 0 Å². The Morgan fingerprint density at radius 2 is 1.60 bits per heavy atom. The molecule has 0 aliphatic carbocycles. The summed E-state index contributed by atoms with van der Waals surface area (Å²) in [6.45, 7) is 1.25. The number of ether oxygens (including phenoxy) is 2. The Kier molecular flexibility index (Phi) is 7.76. The first-order chi connectivity index (χ1) is 16.7. The fourth-order valence-corrected chi connectivity index (χ4v) is 9.13. The van der Waals surface area contributed by atoms with Gasteiger partial charge in [-0.3, -0.25) is 0 Å². The van der Waals surface area contributed by atoms with Gasteiger partial charge in [0.05, 0.1) is 0 Å². The van der Waals surface area contributed by atoms with Gasteiger partial charge in [-0.15, -0.1) is 0 Å². The summed E-state index contributed by atoms with van der Waals surface area (Å²) < 4.78 is 13.5. The molecule has 2 aliphatic heterocycles. The van der Waals surface area contributed by atoms with Crippen molar-refractivity contribution in [3.05, 3.63) is 92.4 Å². The summed E-state index contributed by atoms with van der Waals surface area (Å²) in [5.41, 5.74) is 2.97. The van der Waals surface area contributed by atoms with Crippen LogP contribution in [-0.4, -0.2) is 59.1 Å². The zero-order valence-electron chi connectivity index (χ0n) is 20.3. The van der Waals surface area contributed by atoms with Crippen molar-refractivity contribution in [2.45, 2.75) is 39.3 Å². The number of carbonyl (C=O) groups excluding carboxylic acids is 3. The minimum absolute atomic E-state index is 0.0719. The van der Waals surface area contributed by atoms with Gasteiger partial charge in [0.2, 0.25) is 0 Å². The van der Waals surface area contributed by atoms with Crippen LogP contribution in [0.3, 0.4) is 0 Å². The van der Waals surface area contributed by atoms with Crippen molar-refractivity contribution in [3.8, 4) is 0 Å². The van der Waals surface area contributed by atoms with Crippen LogP contribution in [0.4, 0.5) is 0 Å². The summed E-state index contributed by atoms with van der Waals surface area (Å²) in [5.74, 6) is -1.15. The van der Waals surface area contributed by atoms with Crippen molar-refractivity contribution in [1.82, 2.24) is 4.90 Å². The molecular formula is C27H29NO5SSn. The maximum absolute atomic E-state index is 13.7. The molecule has 182 valence electrons. The SMILES string of the molecule is CC(=O)OCC1=CS[C@@H]2/C(=[CH]/[Sn]([CH3])([CH3])[CH3])C(=O)N2C1C(=O)OC(c1ccccc1)c1ccccc1. The van der Waals surface area contributed by atoms with Crippen molar-refractivity contribution in [1.29, 1.82) is 0 Å². The Labute approximate surface area is 214 Å². The molecule has 2 atom stereocenters. The van der Waals surface area contributed by atoms with Gasteiger partial charge in [0.25, 0.3) is 0 Å². The van der Waals surface area contributed by atoms with Crippen LogP contribution >= 0.6 is 11.8 Å². The molecule has 0 bridgehead atoms. The number of hydrogen-bond acceptors (Lipinski definition) is 6. The first-order valence-electron chi connectivity index (χ1n) is 11.5. The summed E-state index contributed by atoms with van der Waals surface area (Å²) in [6, 6.07) is 18.1. The van der Waals surface area contributed by atoms with Crippen LogP contribution in [-0.2, 0) is 23.9 Å². The van der Waals surface area contributed by atoms with E-state index in [0.717, 1.165) is 16.7 Å². The molecule has 0 aromatic heterocycles. The number of β-lactam (4-membered cyclic amide) rings is 1. The number of nitrogens with zero attached hydrogens (tertiary/aromatic N) is 1. The molecular weight excluding hydrogens is 569 g/mol. The summed E-state index contributed by atoms with van der Waals surface area (Å²) in [4.78, 5) is 46.7. The quantitative estimate of drug-likeness (QED) is 0.197. The predicted octanol–water partition coefficient (Wildman–Crippen LogP) is 4.85. The topological polar surface area (TPSA) is 72.9 Å². The van der Waals surface area contributed by atoms with Crippen molar-refractivity contribution in [2.75, 3.05) is 6.61 Å². The van der Waals surface area contributed by atoms with E-state index >= 15 is 0 Å². The number of fused-ring (bicyclic) bond motifs is 1. The second-order valence-corrected chi connectivity index (χ2v) is 25.0. The van der Waals surface area contributed by atoms with Crippen LogP contribution in [0, 0.1) is 0 Å². The minimum atomic E-state index is -2.40. The zero-order chi connectivity index (χ0) is 25.2. The molecule has 1 unspecified atom stereocenters. The molecule has 0 spiro atoms. The molecule has 8 heteroatoms. The molecule has 2 aromatic rings. The van der Waals surface area contributed by atoms with Gasteiger partial charge in [-0.05, 0) is 0 Å². The van der Waals surface area contributed by atoms with Crippen molar-refractivity contribution >= 4 is 48.0 Å². The fourth-order valence-electron chi connectivity index (χ4n) is 4.16. The van der Waals surface area contributed by atoms with Crippen molar-refractivity contribution in [2.24, 2.45) is 0 Å². The Hall–Kier alpha value is -2.52. The average Bonchev–Trinajstić information content (AvgIpc) is 2.84. The number of rotatable bonds is 7. The maximum atomic E-state index is 13.7. The standard InChI is InChI=1S/C24H20NO5S.3CH3.Sn/c1-15-22(27)25-20(19(13-29-16(2)26)14-31-23(15)25)24(28)30-21(17-9-5-3-6-10-17)18-11-7-4-8-12-18;;;;/h1,3-12,14,20-21,23H,13H2,2H3;3*1H3;/t20?,23-;;;;/m1..../s1. The molecule has 6 nitrogen and oxygen atoms in total. The fraction of sp³-hybridized carbons (Fsp3) is 0.296. The molecule has 1 saturated heterocycles. The first-order valence-corrected chi connectivity index (χ1v) is 22.6. The number of thioether (sulfide) groups is 1. The Morgan fingerprint density at radius 1 is 1.03 bits per heavy atom. The van der Waals surface area contributed by atoms with E-state index < -0.39 is 42.5 Å².